The van der Waals surface area contributed by atoms with Crippen LogP contribution in [0.5, 0.6) is 5.75 Å². The van der Waals surface area contributed by atoms with Crippen molar-refractivity contribution in [3.8, 4) is 5.75 Å². The molecule has 1 fully saturated rings. The minimum absolute atomic E-state index is 0.161. The summed E-state index contributed by atoms with van der Waals surface area (Å²) in [5.41, 5.74) is 2.03. The molecule has 2 aliphatic rings. The highest BCUT2D eigenvalue weighted by atomic mass is 32.2. The van der Waals surface area contributed by atoms with Crippen molar-refractivity contribution in [2.24, 2.45) is 0 Å². The van der Waals surface area contributed by atoms with Gasteiger partial charge in [-0.05, 0) is 42.3 Å². The van der Waals surface area contributed by atoms with Gasteiger partial charge in [-0.3, -0.25) is 13.9 Å². The van der Waals surface area contributed by atoms with Crippen molar-refractivity contribution in [1.82, 2.24) is 0 Å². The lowest BCUT2D eigenvalue weighted by atomic mass is 9.89. The quantitative estimate of drug-likeness (QED) is 0.629. The molecule has 146 valence electrons. The summed E-state index contributed by atoms with van der Waals surface area (Å²) in [6.07, 6.45) is 0.941. The Morgan fingerprint density at radius 1 is 1.14 bits per heavy atom. The molecule has 2 aliphatic heterocycles. The van der Waals surface area contributed by atoms with Gasteiger partial charge in [0.1, 0.15) is 5.75 Å². The maximum atomic E-state index is 12.5. The van der Waals surface area contributed by atoms with Crippen LogP contribution in [0.1, 0.15) is 30.7 Å². The molecule has 7 nitrogen and oxygen atoms in total. The van der Waals surface area contributed by atoms with Crippen LogP contribution in [0, 0.1) is 0 Å². The molecule has 1 atom stereocenters. The fraction of sp³-hybridized carbons (Fsp3) is 0.300. The Morgan fingerprint density at radius 2 is 1.89 bits per heavy atom. The Kier molecular flexibility index (Phi) is 4.80. The Balaban J connectivity index is 1.43. The number of carbonyl (C=O) groups excluding carboxylic acids is 2. The topological polar surface area (TPSA) is 92.8 Å². The zero-order valence-electron chi connectivity index (χ0n) is 15.1. The van der Waals surface area contributed by atoms with Crippen molar-refractivity contribution < 1.29 is 22.7 Å². The summed E-state index contributed by atoms with van der Waals surface area (Å²) in [5.74, 6) is -0.112. The SMILES string of the molecule is O=C(C[C@@H]1CC(=O)Oc2ccccc21)Nc1ccc(N2CCCS2(=O)=O)cc1. The van der Waals surface area contributed by atoms with Gasteiger partial charge in [0.25, 0.3) is 0 Å². The van der Waals surface area contributed by atoms with Crippen LogP contribution in [-0.2, 0) is 19.6 Å². The third-order valence-corrected chi connectivity index (χ3v) is 6.84. The number of rotatable bonds is 4. The Bertz CT molecular complexity index is 1020. The summed E-state index contributed by atoms with van der Waals surface area (Å²) in [4.78, 5) is 24.3. The standard InChI is InChI=1S/C20H20N2O5S/c23-19(12-14-13-20(24)27-18-5-2-1-4-17(14)18)21-15-6-8-16(9-7-15)22-10-3-11-28(22,25)26/h1-2,4-9,14H,3,10-13H2,(H,21,23)/t14-/m1/s1. The van der Waals surface area contributed by atoms with Gasteiger partial charge in [0.15, 0.2) is 0 Å². The first kappa shape index (κ1) is 18.5. The Hall–Kier alpha value is -2.87. The summed E-state index contributed by atoms with van der Waals surface area (Å²) in [6, 6.07) is 14.0. The lowest BCUT2D eigenvalue weighted by Crippen LogP contribution is -2.25. The summed E-state index contributed by atoms with van der Waals surface area (Å²) in [5, 5.41) is 2.81. The van der Waals surface area contributed by atoms with Crippen LogP contribution < -0.4 is 14.4 Å². The first-order valence-corrected chi connectivity index (χ1v) is 10.7. The number of ether oxygens (including phenoxy) is 1. The summed E-state index contributed by atoms with van der Waals surface area (Å²) >= 11 is 0. The number of sulfonamides is 1. The number of nitrogens with zero attached hydrogens (tertiary/aromatic N) is 1. The third kappa shape index (κ3) is 3.73. The van der Waals surface area contributed by atoms with Crippen LogP contribution in [0.15, 0.2) is 48.5 Å². The first-order chi connectivity index (χ1) is 13.4. The molecule has 28 heavy (non-hydrogen) atoms. The molecule has 2 heterocycles. The van der Waals surface area contributed by atoms with Crippen LogP contribution in [0.4, 0.5) is 11.4 Å². The molecule has 0 radical (unpaired) electrons. The van der Waals surface area contributed by atoms with Crippen LogP contribution in [0.25, 0.3) is 0 Å². The zero-order chi connectivity index (χ0) is 19.7. The van der Waals surface area contributed by atoms with Crippen LogP contribution in [0.2, 0.25) is 0 Å². The number of hydrogen-bond acceptors (Lipinski definition) is 5. The van der Waals surface area contributed by atoms with Gasteiger partial charge in [-0.15, -0.1) is 0 Å². The number of esters is 1. The van der Waals surface area contributed by atoms with Gasteiger partial charge in [0.2, 0.25) is 15.9 Å². The predicted molar refractivity (Wildman–Crippen MR) is 105 cm³/mol. The van der Waals surface area contributed by atoms with E-state index in [4.69, 9.17) is 4.74 Å². The molecule has 0 aliphatic carbocycles. The number of amides is 1. The monoisotopic (exact) mass is 400 g/mol. The second kappa shape index (κ2) is 7.27. The Labute approximate surface area is 163 Å². The first-order valence-electron chi connectivity index (χ1n) is 9.12. The van der Waals surface area contributed by atoms with E-state index < -0.39 is 10.0 Å². The number of nitrogens with one attached hydrogen (secondary N) is 1. The van der Waals surface area contributed by atoms with Gasteiger partial charge in [0.05, 0.1) is 17.9 Å². The van der Waals surface area contributed by atoms with Gasteiger partial charge in [-0.25, -0.2) is 8.42 Å². The molecule has 2 aromatic rings. The highest BCUT2D eigenvalue weighted by Gasteiger charge is 2.29. The minimum Gasteiger partial charge on any atom is -0.426 e. The molecule has 0 aromatic heterocycles. The van der Waals surface area contributed by atoms with Crippen molar-refractivity contribution in [2.45, 2.75) is 25.2 Å². The van der Waals surface area contributed by atoms with E-state index in [0.717, 1.165) is 5.56 Å². The number of fused-ring (bicyclic) bond motifs is 1. The smallest absolute Gasteiger partial charge is 0.311 e. The molecule has 0 spiro atoms. The fourth-order valence-electron chi connectivity index (χ4n) is 3.64. The largest absolute Gasteiger partial charge is 0.426 e. The second-order valence-corrected chi connectivity index (χ2v) is 8.97. The molecule has 0 bridgehead atoms. The van der Waals surface area contributed by atoms with Gasteiger partial charge in [-0.1, -0.05) is 18.2 Å². The summed E-state index contributed by atoms with van der Waals surface area (Å²) < 4.78 is 30.6. The lowest BCUT2D eigenvalue weighted by molar-refractivity contribution is -0.136. The number of carbonyl (C=O) groups is 2. The van der Waals surface area contributed by atoms with E-state index in [2.05, 4.69) is 5.32 Å². The van der Waals surface area contributed by atoms with Gasteiger partial charge >= 0.3 is 5.97 Å². The number of para-hydroxylation sites is 1. The maximum Gasteiger partial charge on any atom is 0.311 e. The van der Waals surface area contributed by atoms with Crippen LogP contribution >= 0.6 is 0 Å². The average Bonchev–Trinajstić information content (AvgIpc) is 3.01. The van der Waals surface area contributed by atoms with Gasteiger partial charge in [0, 0.05) is 24.6 Å². The molecule has 0 unspecified atom stereocenters. The van der Waals surface area contributed by atoms with Crippen molar-refractivity contribution in [3.05, 3.63) is 54.1 Å². The molecule has 1 N–H and O–H groups in total. The molecule has 0 saturated carbocycles. The highest BCUT2D eigenvalue weighted by Crippen LogP contribution is 2.36. The van der Waals surface area contributed by atoms with E-state index in [1.54, 1.807) is 36.4 Å². The number of anilines is 2. The van der Waals surface area contributed by atoms with E-state index >= 15 is 0 Å². The van der Waals surface area contributed by atoms with Crippen molar-refractivity contribution >= 4 is 33.3 Å². The Morgan fingerprint density at radius 3 is 2.61 bits per heavy atom. The molecule has 1 amide bonds. The molecule has 8 heteroatoms. The minimum atomic E-state index is -3.23. The number of hydrogen-bond donors (Lipinski definition) is 1. The van der Waals surface area contributed by atoms with Gasteiger partial charge in [-0.2, -0.15) is 0 Å². The highest BCUT2D eigenvalue weighted by molar-refractivity contribution is 7.93. The molecular weight excluding hydrogens is 380 g/mol. The zero-order valence-corrected chi connectivity index (χ0v) is 15.9. The number of benzene rings is 2. The second-order valence-electron chi connectivity index (χ2n) is 6.95. The van der Waals surface area contributed by atoms with Crippen LogP contribution in [-0.4, -0.2) is 32.6 Å². The van der Waals surface area contributed by atoms with Crippen LogP contribution in [0.3, 0.4) is 0 Å². The maximum absolute atomic E-state index is 12.5. The molecule has 1 saturated heterocycles. The van der Waals surface area contributed by atoms with E-state index in [1.807, 2.05) is 12.1 Å². The molecule has 4 rings (SSSR count). The average molecular weight is 400 g/mol. The third-order valence-electron chi connectivity index (χ3n) is 4.97. The summed E-state index contributed by atoms with van der Waals surface area (Å²) in [7, 11) is -3.23. The fourth-order valence-corrected chi connectivity index (χ4v) is 5.21. The normalized spacial score (nSPS) is 20.4. The van der Waals surface area contributed by atoms with Crippen molar-refractivity contribution in [2.75, 3.05) is 21.9 Å². The lowest BCUT2D eigenvalue weighted by Gasteiger charge is -2.24. The van der Waals surface area contributed by atoms with Crippen molar-refractivity contribution in [3.63, 3.8) is 0 Å². The van der Waals surface area contributed by atoms with E-state index in [1.165, 1.54) is 4.31 Å². The van der Waals surface area contributed by atoms with Gasteiger partial charge < -0.3 is 10.1 Å². The molecular formula is C20H20N2O5S. The molecule has 2 aromatic carbocycles. The van der Waals surface area contributed by atoms with E-state index in [0.29, 0.717) is 30.1 Å². The van der Waals surface area contributed by atoms with E-state index in [-0.39, 0.29) is 36.4 Å². The summed E-state index contributed by atoms with van der Waals surface area (Å²) in [6.45, 7) is 0.477. The van der Waals surface area contributed by atoms with E-state index in [9.17, 15) is 18.0 Å². The predicted octanol–water partition coefficient (Wildman–Crippen LogP) is 2.65. The van der Waals surface area contributed by atoms with Crippen molar-refractivity contribution in [1.29, 1.82) is 0 Å².